The van der Waals surface area contributed by atoms with Gasteiger partial charge in [-0.05, 0) is 51.3 Å². The van der Waals surface area contributed by atoms with Gasteiger partial charge in [0.2, 0.25) is 0 Å². The minimum atomic E-state index is 1.42. The molecule has 0 amide bonds. The SMILES string of the molecule is C[B]c1c(C)c(C)c(C)c(C)c1C. The summed E-state index contributed by atoms with van der Waals surface area (Å²) in [5, 5.41) is 0. The summed E-state index contributed by atoms with van der Waals surface area (Å²) in [6, 6.07) is 0. The van der Waals surface area contributed by atoms with Crippen LogP contribution < -0.4 is 5.46 Å². The molecule has 0 spiro atoms. The van der Waals surface area contributed by atoms with E-state index >= 15 is 0 Å². The molecule has 0 N–H and O–H groups in total. The van der Waals surface area contributed by atoms with Crippen LogP contribution in [0.1, 0.15) is 27.8 Å². The molecule has 0 heterocycles. The highest BCUT2D eigenvalue weighted by atomic mass is 14.1. The summed E-state index contributed by atoms with van der Waals surface area (Å²) < 4.78 is 0. The van der Waals surface area contributed by atoms with Crippen LogP contribution in [0.3, 0.4) is 0 Å². The van der Waals surface area contributed by atoms with Gasteiger partial charge in [0.25, 0.3) is 0 Å². The van der Waals surface area contributed by atoms with Crippen molar-refractivity contribution in [2.75, 3.05) is 0 Å². The maximum Gasteiger partial charge on any atom is 0.148 e. The van der Waals surface area contributed by atoms with Crippen molar-refractivity contribution in [3.63, 3.8) is 0 Å². The van der Waals surface area contributed by atoms with E-state index in [2.05, 4.69) is 48.7 Å². The Bertz CT molecular complexity index is 308. The fraction of sp³-hybridized carbons (Fsp3) is 0.500. The van der Waals surface area contributed by atoms with Gasteiger partial charge in [-0.1, -0.05) is 23.4 Å². The average Bonchev–Trinajstić information content (AvgIpc) is 2.13. The Labute approximate surface area is 82.6 Å². The second-order valence-electron chi connectivity index (χ2n) is 3.83. The van der Waals surface area contributed by atoms with Crippen molar-refractivity contribution in [1.29, 1.82) is 0 Å². The molecule has 0 bridgehead atoms. The first-order valence-electron chi connectivity index (χ1n) is 4.87. The smallest absolute Gasteiger partial charge is 0.0872 e. The standard InChI is InChI=1S/C12H18B/c1-7-8(2)10(4)12(13-6)11(5)9(7)3/h1-6H3. The normalized spacial score (nSPS) is 10.3. The molecule has 0 saturated carbocycles. The molecule has 0 aliphatic rings. The van der Waals surface area contributed by atoms with Crippen molar-refractivity contribution >= 4 is 12.7 Å². The fourth-order valence-electron chi connectivity index (χ4n) is 1.96. The summed E-state index contributed by atoms with van der Waals surface area (Å²) in [5.74, 6) is 0. The third kappa shape index (κ3) is 1.52. The van der Waals surface area contributed by atoms with Gasteiger partial charge in [0.05, 0.1) is 0 Å². The zero-order chi connectivity index (χ0) is 10.2. The van der Waals surface area contributed by atoms with Crippen LogP contribution in [0.2, 0.25) is 6.82 Å². The topological polar surface area (TPSA) is 0 Å². The van der Waals surface area contributed by atoms with Gasteiger partial charge < -0.3 is 0 Å². The second kappa shape index (κ2) is 3.57. The number of hydrogen-bond acceptors (Lipinski definition) is 0. The lowest BCUT2D eigenvalue weighted by atomic mass is 9.66. The molecule has 0 nitrogen and oxygen atoms in total. The zero-order valence-corrected chi connectivity index (χ0v) is 9.58. The first-order chi connectivity index (χ1) is 6.00. The van der Waals surface area contributed by atoms with E-state index in [4.69, 9.17) is 0 Å². The first-order valence-corrected chi connectivity index (χ1v) is 4.87. The van der Waals surface area contributed by atoms with Crippen molar-refractivity contribution < 1.29 is 0 Å². The third-order valence-electron chi connectivity index (χ3n) is 3.35. The van der Waals surface area contributed by atoms with Gasteiger partial charge in [-0.2, -0.15) is 0 Å². The molecule has 1 radical (unpaired) electrons. The molecule has 0 atom stereocenters. The Balaban J connectivity index is 3.56. The van der Waals surface area contributed by atoms with Crippen LogP contribution in [0, 0.1) is 34.6 Å². The Kier molecular flexibility index (Phi) is 2.85. The highest BCUT2D eigenvalue weighted by Gasteiger charge is 2.09. The van der Waals surface area contributed by atoms with Crippen LogP contribution in [0.4, 0.5) is 0 Å². The van der Waals surface area contributed by atoms with E-state index in [0.717, 1.165) is 0 Å². The average molecular weight is 173 g/mol. The van der Waals surface area contributed by atoms with Crippen molar-refractivity contribution in [3.8, 4) is 0 Å². The number of benzene rings is 1. The molecule has 1 rings (SSSR count). The highest BCUT2D eigenvalue weighted by Crippen LogP contribution is 2.18. The minimum Gasteiger partial charge on any atom is -0.0872 e. The minimum absolute atomic E-state index is 1.42. The largest absolute Gasteiger partial charge is 0.148 e. The molecule has 0 aromatic heterocycles. The molecule has 1 heteroatoms. The van der Waals surface area contributed by atoms with Crippen LogP contribution in [0.5, 0.6) is 0 Å². The van der Waals surface area contributed by atoms with Gasteiger partial charge in [-0.15, -0.1) is 0 Å². The number of rotatable bonds is 1. The molecular weight excluding hydrogens is 155 g/mol. The molecule has 0 aliphatic carbocycles. The van der Waals surface area contributed by atoms with E-state index in [9.17, 15) is 0 Å². The molecule has 69 valence electrons. The van der Waals surface area contributed by atoms with E-state index in [1.807, 2.05) is 0 Å². The van der Waals surface area contributed by atoms with Gasteiger partial charge >= 0.3 is 0 Å². The summed E-state index contributed by atoms with van der Waals surface area (Å²) in [4.78, 5) is 0. The molecule has 13 heavy (non-hydrogen) atoms. The lowest BCUT2D eigenvalue weighted by molar-refractivity contribution is 1.19. The number of hydrogen-bond donors (Lipinski definition) is 0. The van der Waals surface area contributed by atoms with E-state index in [-0.39, 0.29) is 0 Å². The lowest BCUT2D eigenvalue weighted by Crippen LogP contribution is -2.22. The monoisotopic (exact) mass is 173 g/mol. The quantitative estimate of drug-likeness (QED) is 0.572. The third-order valence-corrected chi connectivity index (χ3v) is 3.35. The van der Waals surface area contributed by atoms with Gasteiger partial charge in [-0.25, -0.2) is 0 Å². The Morgan fingerprint density at radius 1 is 0.615 bits per heavy atom. The molecule has 1 aromatic rings. The summed E-state index contributed by atoms with van der Waals surface area (Å²) in [7, 11) is 2.21. The second-order valence-corrected chi connectivity index (χ2v) is 3.83. The van der Waals surface area contributed by atoms with E-state index in [1.165, 1.54) is 33.3 Å². The van der Waals surface area contributed by atoms with E-state index in [0.29, 0.717) is 0 Å². The maximum absolute atomic E-state index is 2.21. The highest BCUT2D eigenvalue weighted by molar-refractivity contribution is 6.53. The fourth-order valence-corrected chi connectivity index (χ4v) is 1.96. The lowest BCUT2D eigenvalue weighted by Gasteiger charge is -2.17. The van der Waals surface area contributed by atoms with Gasteiger partial charge in [0.1, 0.15) is 7.28 Å². The van der Waals surface area contributed by atoms with Gasteiger partial charge in [0, 0.05) is 0 Å². The summed E-state index contributed by atoms with van der Waals surface area (Å²) >= 11 is 0. The summed E-state index contributed by atoms with van der Waals surface area (Å²) in [5.41, 5.74) is 8.61. The van der Waals surface area contributed by atoms with Crippen LogP contribution in [-0.4, -0.2) is 7.28 Å². The Morgan fingerprint density at radius 2 is 0.923 bits per heavy atom. The molecular formula is C12H18B. The Morgan fingerprint density at radius 3 is 1.23 bits per heavy atom. The van der Waals surface area contributed by atoms with Gasteiger partial charge in [-0.3, -0.25) is 0 Å². The molecule has 0 saturated heterocycles. The predicted octanol–water partition coefficient (Wildman–Crippen LogP) is 2.61. The van der Waals surface area contributed by atoms with Crippen molar-refractivity contribution in [1.82, 2.24) is 0 Å². The molecule has 0 aliphatic heterocycles. The predicted molar refractivity (Wildman–Crippen MR) is 61.4 cm³/mol. The van der Waals surface area contributed by atoms with Crippen LogP contribution >= 0.6 is 0 Å². The molecule has 0 unspecified atom stereocenters. The Hall–Kier alpha value is -0.715. The van der Waals surface area contributed by atoms with Crippen molar-refractivity contribution in [2.24, 2.45) is 0 Å². The van der Waals surface area contributed by atoms with Crippen LogP contribution in [0.15, 0.2) is 0 Å². The molecule has 1 aromatic carbocycles. The van der Waals surface area contributed by atoms with E-state index < -0.39 is 0 Å². The summed E-state index contributed by atoms with van der Waals surface area (Å²) in [6.45, 7) is 13.2. The first kappa shape index (κ1) is 10.4. The maximum atomic E-state index is 2.21. The van der Waals surface area contributed by atoms with Crippen molar-refractivity contribution in [3.05, 3.63) is 27.8 Å². The van der Waals surface area contributed by atoms with Gasteiger partial charge in [0.15, 0.2) is 0 Å². The van der Waals surface area contributed by atoms with E-state index in [1.54, 1.807) is 0 Å². The summed E-state index contributed by atoms with van der Waals surface area (Å²) in [6.07, 6.45) is 0. The van der Waals surface area contributed by atoms with Crippen LogP contribution in [-0.2, 0) is 0 Å². The van der Waals surface area contributed by atoms with Crippen LogP contribution in [0.25, 0.3) is 0 Å². The molecule has 0 fully saturated rings. The zero-order valence-electron chi connectivity index (χ0n) is 9.58. The van der Waals surface area contributed by atoms with Crippen molar-refractivity contribution in [2.45, 2.75) is 41.4 Å².